The molecular formula is C22H26N4O3. The van der Waals surface area contributed by atoms with Crippen molar-refractivity contribution in [1.29, 1.82) is 0 Å². The molecule has 0 bridgehead atoms. The van der Waals surface area contributed by atoms with Crippen LogP contribution >= 0.6 is 0 Å². The molecule has 1 fully saturated rings. The van der Waals surface area contributed by atoms with Gasteiger partial charge in [-0.05, 0) is 31.0 Å². The van der Waals surface area contributed by atoms with Gasteiger partial charge in [-0.2, -0.15) is 4.98 Å². The minimum atomic E-state index is -0.581. The fourth-order valence-corrected chi connectivity index (χ4v) is 3.76. The number of amides is 2. The van der Waals surface area contributed by atoms with Crippen molar-refractivity contribution in [3.8, 4) is 12.3 Å². The Morgan fingerprint density at radius 3 is 2.69 bits per heavy atom. The number of terminal acetylenes is 1. The maximum absolute atomic E-state index is 12.2. The topological polar surface area (TPSA) is 97.1 Å². The first kappa shape index (κ1) is 20.6. The molecule has 1 aromatic carbocycles. The summed E-state index contributed by atoms with van der Waals surface area (Å²) in [6, 6.07) is 7.12. The number of hydrogen-bond donors (Lipinski definition) is 2. The zero-order valence-corrected chi connectivity index (χ0v) is 16.7. The van der Waals surface area contributed by atoms with Crippen LogP contribution in [-0.2, 0) is 21.5 Å². The van der Waals surface area contributed by atoms with Crippen molar-refractivity contribution in [2.45, 2.75) is 63.8 Å². The monoisotopic (exact) mass is 394 g/mol. The molecule has 0 saturated heterocycles. The number of aromatic nitrogens is 2. The summed E-state index contributed by atoms with van der Waals surface area (Å²) in [5, 5.41) is 10.0. The highest BCUT2D eigenvalue weighted by Crippen LogP contribution is 2.34. The Morgan fingerprint density at radius 1 is 1.24 bits per heavy atom. The first-order chi connectivity index (χ1) is 14.0. The standard InChI is InChI=1S/C22H26N4O3/c1-3-17-9-8-10-18(15-17)23-19(28)11-12-20-24-21(26-29-20)22(25-16(2)27)13-6-4-5-7-14-22/h1,8-10,15H,4-7,11-14H2,2H3,(H,23,28)(H,25,27). The van der Waals surface area contributed by atoms with E-state index in [-0.39, 0.29) is 18.2 Å². The number of nitrogens with one attached hydrogen (secondary N) is 2. The van der Waals surface area contributed by atoms with Crippen LogP contribution in [0.15, 0.2) is 28.8 Å². The first-order valence-corrected chi connectivity index (χ1v) is 9.99. The van der Waals surface area contributed by atoms with Crippen LogP contribution in [0.1, 0.15) is 69.1 Å². The molecule has 0 unspecified atom stereocenters. The van der Waals surface area contributed by atoms with Crippen LogP contribution in [0.4, 0.5) is 5.69 Å². The number of carbonyl (C=O) groups is 2. The SMILES string of the molecule is C#Cc1cccc(NC(=O)CCc2nc(C3(NC(C)=O)CCCCCC3)no2)c1. The molecule has 2 N–H and O–H groups in total. The maximum Gasteiger partial charge on any atom is 0.227 e. The fraction of sp³-hybridized carbons (Fsp3) is 0.455. The smallest absolute Gasteiger partial charge is 0.227 e. The number of nitrogens with zero attached hydrogens (tertiary/aromatic N) is 2. The third-order valence-corrected chi connectivity index (χ3v) is 5.15. The number of benzene rings is 1. The first-order valence-electron chi connectivity index (χ1n) is 9.99. The highest BCUT2D eigenvalue weighted by molar-refractivity contribution is 5.90. The molecule has 1 heterocycles. The second-order valence-electron chi connectivity index (χ2n) is 7.46. The van der Waals surface area contributed by atoms with Crippen LogP contribution in [-0.4, -0.2) is 22.0 Å². The Bertz CT molecular complexity index is 905. The highest BCUT2D eigenvalue weighted by Gasteiger charge is 2.38. The molecule has 1 saturated carbocycles. The van der Waals surface area contributed by atoms with E-state index in [4.69, 9.17) is 10.9 Å². The van der Waals surface area contributed by atoms with Crippen molar-refractivity contribution in [1.82, 2.24) is 15.5 Å². The highest BCUT2D eigenvalue weighted by atomic mass is 16.5. The molecule has 2 amide bonds. The largest absolute Gasteiger partial charge is 0.343 e. The lowest BCUT2D eigenvalue weighted by molar-refractivity contribution is -0.121. The van der Waals surface area contributed by atoms with Gasteiger partial charge in [-0.25, -0.2) is 0 Å². The number of rotatable bonds is 6. The minimum absolute atomic E-state index is 0.105. The molecule has 1 aliphatic carbocycles. The summed E-state index contributed by atoms with van der Waals surface area (Å²) in [7, 11) is 0. The molecule has 7 heteroatoms. The molecule has 1 aliphatic rings. The van der Waals surface area contributed by atoms with E-state index in [1.54, 1.807) is 24.3 Å². The summed E-state index contributed by atoms with van der Waals surface area (Å²) < 4.78 is 5.38. The van der Waals surface area contributed by atoms with Crippen molar-refractivity contribution in [2.24, 2.45) is 0 Å². The quantitative estimate of drug-likeness (QED) is 0.579. The van der Waals surface area contributed by atoms with Crippen molar-refractivity contribution in [3.63, 3.8) is 0 Å². The van der Waals surface area contributed by atoms with Crippen LogP contribution in [0, 0.1) is 12.3 Å². The summed E-state index contributed by atoms with van der Waals surface area (Å²) in [4.78, 5) is 28.5. The van der Waals surface area contributed by atoms with Crippen LogP contribution in [0.5, 0.6) is 0 Å². The molecule has 0 radical (unpaired) electrons. The van der Waals surface area contributed by atoms with Gasteiger partial charge in [-0.15, -0.1) is 6.42 Å². The molecule has 1 aromatic heterocycles. The van der Waals surface area contributed by atoms with E-state index in [0.717, 1.165) is 38.5 Å². The van der Waals surface area contributed by atoms with E-state index in [2.05, 4.69) is 26.7 Å². The lowest BCUT2D eigenvalue weighted by atomic mass is 9.89. The molecule has 3 rings (SSSR count). The second kappa shape index (κ2) is 9.37. The third-order valence-electron chi connectivity index (χ3n) is 5.15. The fourth-order valence-electron chi connectivity index (χ4n) is 3.76. The van der Waals surface area contributed by atoms with Gasteiger partial charge >= 0.3 is 0 Å². The Hall–Kier alpha value is -3.14. The molecule has 0 aliphatic heterocycles. The molecule has 0 atom stereocenters. The molecule has 29 heavy (non-hydrogen) atoms. The van der Waals surface area contributed by atoms with E-state index >= 15 is 0 Å². The summed E-state index contributed by atoms with van der Waals surface area (Å²) in [6.45, 7) is 1.51. The molecule has 7 nitrogen and oxygen atoms in total. The van der Waals surface area contributed by atoms with Gasteiger partial charge in [0.15, 0.2) is 5.82 Å². The van der Waals surface area contributed by atoms with Gasteiger partial charge < -0.3 is 15.2 Å². The Morgan fingerprint density at radius 2 is 2.00 bits per heavy atom. The van der Waals surface area contributed by atoms with Gasteiger partial charge in [-0.3, -0.25) is 9.59 Å². The van der Waals surface area contributed by atoms with Crippen molar-refractivity contribution < 1.29 is 14.1 Å². The van der Waals surface area contributed by atoms with E-state index in [1.165, 1.54) is 6.92 Å². The van der Waals surface area contributed by atoms with Crippen molar-refractivity contribution in [2.75, 3.05) is 5.32 Å². The van der Waals surface area contributed by atoms with Gasteiger partial charge in [-0.1, -0.05) is 42.8 Å². The minimum Gasteiger partial charge on any atom is -0.343 e. The predicted octanol–water partition coefficient (Wildman–Crippen LogP) is 3.31. The van der Waals surface area contributed by atoms with Crippen LogP contribution < -0.4 is 10.6 Å². The van der Waals surface area contributed by atoms with E-state index in [9.17, 15) is 9.59 Å². The van der Waals surface area contributed by atoms with Gasteiger partial charge in [0.1, 0.15) is 5.54 Å². The maximum atomic E-state index is 12.2. The Kier molecular flexibility index (Phi) is 6.65. The molecule has 152 valence electrons. The van der Waals surface area contributed by atoms with E-state index < -0.39 is 5.54 Å². The van der Waals surface area contributed by atoms with Crippen LogP contribution in [0.2, 0.25) is 0 Å². The zero-order chi connectivity index (χ0) is 20.7. The number of aryl methyl sites for hydroxylation is 1. The average Bonchev–Trinajstić information content (AvgIpc) is 3.06. The lowest BCUT2D eigenvalue weighted by Gasteiger charge is -2.30. The number of carbonyl (C=O) groups excluding carboxylic acids is 2. The number of anilines is 1. The van der Waals surface area contributed by atoms with Crippen LogP contribution in [0.3, 0.4) is 0 Å². The lowest BCUT2D eigenvalue weighted by Crippen LogP contribution is -2.45. The summed E-state index contributed by atoms with van der Waals surface area (Å²) in [6.07, 6.45) is 11.8. The van der Waals surface area contributed by atoms with E-state index in [0.29, 0.717) is 29.4 Å². The normalized spacial score (nSPS) is 15.7. The molecular weight excluding hydrogens is 368 g/mol. The van der Waals surface area contributed by atoms with Crippen molar-refractivity contribution in [3.05, 3.63) is 41.5 Å². The average molecular weight is 394 g/mol. The summed E-state index contributed by atoms with van der Waals surface area (Å²) in [5.41, 5.74) is 0.776. The molecule has 0 spiro atoms. The summed E-state index contributed by atoms with van der Waals surface area (Å²) >= 11 is 0. The third kappa shape index (κ3) is 5.44. The van der Waals surface area contributed by atoms with Crippen LogP contribution in [0.25, 0.3) is 0 Å². The summed E-state index contributed by atoms with van der Waals surface area (Å²) in [5.74, 6) is 3.17. The van der Waals surface area contributed by atoms with Gasteiger partial charge in [0.2, 0.25) is 17.7 Å². The zero-order valence-electron chi connectivity index (χ0n) is 16.7. The predicted molar refractivity (Wildman–Crippen MR) is 109 cm³/mol. The van der Waals surface area contributed by atoms with E-state index in [1.807, 2.05) is 0 Å². The van der Waals surface area contributed by atoms with Gasteiger partial charge in [0.05, 0.1) is 0 Å². The Labute approximate surface area is 170 Å². The Balaban J connectivity index is 1.63. The van der Waals surface area contributed by atoms with Gasteiger partial charge in [0.25, 0.3) is 0 Å². The second-order valence-corrected chi connectivity index (χ2v) is 7.46. The van der Waals surface area contributed by atoms with Gasteiger partial charge in [0, 0.05) is 31.0 Å². The van der Waals surface area contributed by atoms with Crippen molar-refractivity contribution >= 4 is 17.5 Å². The number of hydrogen-bond acceptors (Lipinski definition) is 5. The molecule has 2 aromatic rings.